The smallest absolute Gasteiger partial charge is 0.421 e. The molecule has 2 amide bonds. The number of hydrogen-bond donors (Lipinski definition) is 0. The van der Waals surface area contributed by atoms with Crippen molar-refractivity contribution in [2.24, 2.45) is 0 Å². The number of thioether (sulfide) groups is 1. The van der Waals surface area contributed by atoms with Crippen molar-refractivity contribution in [3.05, 3.63) is 46.8 Å². The predicted octanol–water partition coefficient (Wildman–Crippen LogP) is 3.63. The molecule has 2 aromatic rings. The third-order valence-corrected chi connectivity index (χ3v) is 6.02. The van der Waals surface area contributed by atoms with Crippen LogP contribution >= 0.6 is 23.1 Å². The number of hydrogen-bond acceptors (Lipinski definition) is 7. The maximum Gasteiger partial charge on any atom is 0.421 e. The molecule has 0 bridgehead atoms. The summed E-state index contributed by atoms with van der Waals surface area (Å²) in [5, 5.41) is 2.03. The number of carbonyl (C=O) groups is 3. The highest BCUT2D eigenvalue weighted by Gasteiger charge is 2.36. The summed E-state index contributed by atoms with van der Waals surface area (Å²) in [5.41, 5.74) is 2.21. The number of methoxy groups -OCH3 is 1. The molecule has 1 unspecified atom stereocenters. The van der Waals surface area contributed by atoms with E-state index in [2.05, 4.69) is 10.8 Å². The van der Waals surface area contributed by atoms with Gasteiger partial charge in [-0.25, -0.2) is 14.5 Å². The first kappa shape index (κ1) is 18.5. The Morgan fingerprint density at radius 1 is 1.38 bits per heavy atom. The lowest BCUT2D eigenvalue weighted by Gasteiger charge is -2.19. The Balaban J connectivity index is 1.90. The molecule has 1 atom stereocenters. The van der Waals surface area contributed by atoms with Crippen LogP contribution in [0.2, 0.25) is 0 Å². The molecule has 1 aliphatic heterocycles. The van der Waals surface area contributed by atoms with Crippen LogP contribution in [0.4, 0.5) is 10.5 Å². The Kier molecular flexibility index (Phi) is 5.63. The molecular formula is C18H17NO5S2. The molecule has 0 saturated carbocycles. The number of fused-ring (bicyclic) bond motifs is 1. The number of nitrogens with zero attached hydrogens (tertiary/aromatic N) is 1. The van der Waals surface area contributed by atoms with Gasteiger partial charge in [-0.3, -0.25) is 4.79 Å². The molecule has 26 heavy (non-hydrogen) atoms. The van der Waals surface area contributed by atoms with E-state index in [1.54, 1.807) is 36.1 Å². The molecule has 1 aromatic heterocycles. The first-order chi connectivity index (χ1) is 12.5. The SMILES string of the molecule is COC(=O)C(=O)N1C(=O)OC(C)Cc2cc(CSc3cccs3)ccc21. The second-order valence-corrected chi connectivity index (χ2v) is 7.94. The fraction of sp³-hybridized carbons (Fsp3) is 0.278. The van der Waals surface area contributed by atoms with Crippen molar-refractivity contribution >= 4 is 46.8 Å². The summed E-state index contributed by atoms with van der Waals surface area (Å²) in [6.07, 6.45) is -0.812. The average molecular weight is 391 g/mol. The molecule has 136 valence electrons. The zero-order chi connectivity index (χ0) is 18.7. The van der Waals surface area contributed by atoms with Crippen LogP contribution in [0.1, 0.15) is 18.1 Å². The molecular weight excluding hydrogens is 374 g/mol. The molecule has 0 aliphatic carbocycles. The van der Waals surface area contributed by atoms with Gasteiger partial charge in [0.15, 0.2) is 0 Å². The fourth-order valence-electron chi connectivity index (χ4n) is 2.66. The highest BCUT2D eigenvalue weighted by molar-refractivity contribution is 8.00. The number of rotatable bonds is 3. The minimum Gasteiger partial charge on any atom is -0.462 e. The summed E-state index contributed by atoms with van der Waals surface area (Å²) in [5.74, 6) is -1.41. The highest BCUT2D eigenvalue weighted by Crippen LogP contribution is 2.32. The zero-order valence-corrected chi connectivity index (χ0v) is 15.9. The van der Waals surface area contributed by atoms with Crippen LogP contribution < -0.4 is 4.90 Å². The Bertz CT molecular complexity index is 834. The number of anilines is 1. The zero-order valence-electron chi connectivity index (χ0n) is 14.3. The molecule has 2 heterocycles. The van der Waals surface area contributed by atoms with Gasteiger partial charge in [-0.1, -0.05) is 18.2 Å². The van der Waals surface area contributed by atoms with E-state index >= 15 is 0 Å². The normalized spacial score (nSPS) is 16.5. The lowest BCUT2D eigenvalue weighted by molar-refractivity contribution is -0.151. The summed E-state index contributed by atoms with van der Waals surface area (Å²) in [4.78, 5) is 37.0. The van der Waals surface area contributed by atoms with E-state index in [4.69, 9.17) is 4.74 Å². The summed E-state index contributed by atoms with van der Waals surface area (Å²) >= 11 is 3.40. The van der Waals surface area contributed by atoms with E-state index in [0.29, 0.717) is 12.1 Å². The van der Waals surface area contributed by atoms with Crippen molar-refractivity contribution in [3.8, 4) is 0 Å². The predicted molar refractivity (Wildman–Crippen MR) is 99.5 cm³/mol. The van der Waals surface area contributed by atoms with Crippen molar-refractivity contribution in [1.29, 1.82) is 0 Å². The molecule has 0 N–H and O–H groups in total. The second kappa shape index (κ2) is 7.92. The first-order valence-corrected chi connectivity index (χ1v) is 9.77. The molecule has 0 spiro atoms. The summed E-state index contributed by atoms with van der Waals surface area (Å²) in [7, 11) is 1.10. The van der Waals surface area contributed by atoms with Crippen LogP contribution in [0, 0.1) is 0 Å². The van der Waals surface area contributed by atoms with Crippen LogP contribution in [0.5, 0.6) is 0 Å². The van der Waals surface area contributed by atoms with Gasteiger partial charge >= 0.3 is 18.0 Å². The Labute approximate surface area is 159 Å². The van der Waals surface area contributed by atoms with Gasteiger partial charge in [-0.05, 0) is 35.6 Å². The number of cyclic esters (lactones) is 1. The van der Waals surface area contributed by atoms with Crippen LogP contribution in [-0.2, 0) is 31.2 Å². The number of carbonyl (C=O) groups excluding carboxylic acids is 3. The molecule has 8 heteroatoms. The van der Waals surface area contributed by atoms with Gasteiger partial charge in [0.05, 0.1) is 17.0 Å². The minimum absolute atomic E-state index is 0.361. The van der Waals surface area contributed by atoms with Gasteiger partial charge in [0.2, 0.25) is 0 Å². The number of esters is 1. The number of imide groups is 1. The van der Waals surface area contributed by atoms with Gasteiger partial charge in [-0.15, -0.1) is 23.1 Å². The van der Waals surface area contributed by atoms with Crippen LogP contribution in [0.15, 0.2) is 39.9 Å². The third kappa shape index (κ3) is 3.91. The van der Waals surface area contributed by atoms with Crippen molar-refractivity contribution in [3.63, 3.8) is 0 Å². The topological polar surface area (TPSA) is 72.9 Å². The van der Waals surface area contributed by atoms with Gasteiger partial charge in [0.25, 0.3) is 0 Å². The number of ether oxygens (including phenoxy) is 2. The Morgan fingerprint density at radius 3 is 2.88 bits per heavy atom. The molecule has 6 nitrogen and oxygen atoms in total. The molecule has 0 saturated heterocycles. The molecule has 0 fully saturated rings. The van der Waals surface area contributed by atoms with Gasteiger partial charge in [0.1, 0.15) is 6.10 Å². The third-order valence-electron chi connectivity index (χ3n) is 3.82. The second-order valence-electron chi connectivity index (χ2n) is 5.71. The van der Waals surface area contributed by atoms with Crippen LogP contribution in [-0.4, -0.2) is 31.2 Å². The van der Waals surface area contributed by atoms with E-state index in [0.717, 1.165) is 28.9 Å². The average Bonchev–Trinajstić information content (AvgIpc) is 3.10. The summed E-state index contributed by atoms with van der Waals surface area (Å²) in [6, 6.07) is 9.54. The number of benzene rings is 1. The molecule has 1 aliphatic rings. The van der Waals surface area contributed by atoms with E-state index < -0.39 is 24.1 Å². The van der Waals surface area contributed by atoms with Gasteiger partial charge in [-0.2, -0.15) is 0 Å². The maximum atomic E-state index is 12.3. The first-order valence-electron chi connectivity index (χ1n) is 7.90. The highest BCUT2D eigenvalue weighted by atomic mass is 32.2. The van der Waals surface area contributed by atoms with Gasteiger partial charge in [0, 0.05) is 12.2 Å². The van der Waals surface area contributed by atoms with Crippen molar-refractivity contribution in [2.75, 3.05) is 12.0 Å². The van der Waals surface area contributed by atoms with Crippen molar-refractivity contribution < 1.29 is 23.9 Å². The fourth-order valence-corrected chi connectivity index (χ4v) is 4.38. The summed E-state index contributed by atoms with van der Waals surface area (Å²) < 4.78 is 10.9. The van der Waals surface area contributed by atoms with Crippen molar-refractivity contribution in [1.82, 2.24) is 0 Å². The Hall–Kier alpha value is -2.32. The minimum atomic E-state index is -1.11. The van der Waals surface area contributed by atoms with Crippen LogP contribution in [0.25, 0.3) is 0 Å². The Morgan fingerprint density at radius 2 is 2.19 bits per heavy atom. The van der Waals surface area contributed by atoms with Gasteiger partial charge < -0.3 is 9.47 Å². The number of thiophene rings is 1. The maximum absolute atomic E-state index is 12.3. The number of amides is 2. The van der Waals surface area contributed by atoms with Crippen molar-refractivity contribution in [2.45, 2.75) is 29.4 Å². The van der Waals surface area contributed by atoms with E-state index in [1.165, 1.54) is 4.21 Å². The summed E-state index contributed by atoms with van der Waals surface area (Å²) in [6.45, 7) is 1.75. The molecule has 0 radical (unpaired) electrons. The molecule has 1 aromatic carbocycles. The lowest BCUT2D eigenvalue weighted by atomic mass is 10.0. The lowest BCUT2D eigenvalue weighted by Crippen LogP contribution is -2.42. The standard InChI is InChI=1S/C18H17NO5S2/c1-11-8-13-9-12(10-26-15-4-3-7-25-15)5-6-14(13)19(18(22)24-11)16(20)17(21)23-2/h3-7,9,11H,8,10H2,1-2H3. The van der Waals surface area contributed by atoms with E-state index in [9.17, 15) is 14.4 Å². The largest absolute Gasteiger partial charge is 0.462 e. The quantitative estimate of drug-likeness (QED) is 0.452. The monoisotopic (exact) mass is 391 g/mol. The van der Waals surface area contributed by atoms with E-state index in [1.807, 2.05) is 23.6 Å². The molecule has 3 rings (SSSR count). The van der Waals surface area contributed by atoms with E-state index in [-0.39, 0.29) is 0 Å². The van der Waals surface area contributed by atoms with Crippen LogP contribution in [0.3, 0.4) is 0 Å².